The van der Waals surface area contributed by atoms with E-state index >= 15 is 0 Å². The number of hydrogen-bond donors (Lipinski definition) is 1. The minimum Gasteiger partial charge on any atom is -0.344 e. The molecule has 18 heavy (non-hydrogen) atoms. The average Bonchev–Trinajstić information content (AvgIpc) is 2.28. The van der Waals surface area contributed by atoms with Gasteiger partial charge < -0.3 is 4.89 Å². The van der Waals surface area contributed by atoms with Gasteiger partial charge in [-0.05, 0) is 19.3 Å². The number of alkyl halides is 3. The van der Waals surface area contributed by atoms with Crippen molar-refractivity contribution in [3.63, 3.8) is 0 Å². The van der Waals surface area contributed by atoms with Crippen LogP contribution >= 0.6 is 7.37 Å². The Bertz CT molecular complexity index is 298. The van der Waals surface area contributed by atoms with Crippen LogP contribution in [-0.4, -0.2) is 22.4 Å². The van der Waals surface area contributed by atoms with Crippen molar-refractivity contribution in [3.05, 3.63) is 0 Å². The first-order chi connectivity index (χ1) is 8.27. The molecule has 2 nitrogen and oxygen atoms in total. The van der Waals surface area contributed by atoms with Crippen LogP contribution in [-0.2, 0) is 4.57 Å². The average molecular weight is 286 g/mol. The highest BCUT2D eigenvalue weighted by atomic mass is 31.2. The minimum atomic E-state index is -4.35. The van der Waals surface area contributed by atoms with E-state index in [0.717, 1.165) is 19.3 Å². The molecule has 0 aromatic rings. The molecule has 0 aliphatic heterocycles. The Morgan fingerprint density at radius 2 is 1.83 bits per heavy atom. The fourth-order valence-electron chi connectivity index (χ4n) is 2.77. The van der Waals surface area contributed by atoms with Crippen LogP contribution in [0.15, 0.2) is 0 Å². The molecule has 0 aromatic heterocycles. The summed E-state index contributed by atoms with van der Waals surface area (Å²) in [4.78, 5) is 10.1. The second-order valence-corrected chi connectivity index (χ2v) is 8.03. The molecule has 1 saturated carbocycles. The number of halogens is 3. The van der Waals surface area contributed by atoms with Gasteiger partial charge in [0.15, 0.2) is 0 Å². The molecule has 0 bridgehead atoms. The van der Waals surface area contributed by atoms with Gasteiger partial charge in [-0.1, -0.05) is 32.6 Å². The summed E-state index contributed by atoms with van der Waals surface area (Å²) in [6, 6.07) is 0. The minimum absolute atomic E-state index is 0.184. The molecule has 1 N–H and O–H groups in total. The Kier molecular flexibility index (Phi) is 5.72. The summed E-state index contributed by atoms with van der Waals surface area (Å²) >= 11 is 0. The van der Waals surface area contributed by atoms with Gasteiger partial charge in [0.05, 0.1) is 6.42 Å². The van der Waals surface area contributed by atoms with E-state index in [4.69, 9.17) is 0 Å². The van der Waals surface area contributed by atoms with E-state index in [9.17, 15) is 22.6 Å². The highest BCUT2D eigenvalue weighted by Gasteiger charge is 2.44. The van der Waals surface area contributed by atoms with Gasteiger partial charge in [-0.25, -0.2) is 0 Å². The van der Waals surface area contributed by atoms with Crippen LogP contribution in [0.2, 0.25) is 0 Å². The van der Waals surface area contributed by atoms with E-state index in [1.165, 1.54) is 0 Å². The summed E-state index contributed by atoms with van der Waals surface area (Å²) in [5.74, 6) is 0. The molecule has 1 aliphatic rings. The third-order valence-electron chi connectivity index (χ3n) is 3.71. The molecule has 6 heteroatoms. The highest BCUT2D eigenvalue weighted by Crippen LogP contribution is 2.59. The second kappa shape index (κ2) is 6.42. The fraction of sp³-hybridized carbons (Fsp3) is 1.00. The van der Waals surface area contributed by atoms with E-state index in [1.807, 2.05) is 0 Å². The molecule has 1 aliphatic carbocycles. The lowest BCUT2D eigenvalue weighted by Crippen LogP contribution is -2.26. The molecule has 0 radical (unpaired) electrons. The van der Waals surface area contributed by atoms with Crippen molar-refractivity contribution >= 4 is 7.37 Å². The first kappa shape index (κ1) is 16.0. The van der Waals surface area contributed by atoms with Gasteiger partial charge in [0.1, 0.15) is 0 Å². The summed E-state index contributed by atoms with van der Waals surface area (Å²) in [6.07, 6.45) is -0.827. The quantitative estimate of drug-likeness (QED) is 0.743. The van der Waals surface area contributed by atoms with Crippen molar-refractivity contribution in [1.29, 1.82) is 0 Å². The highest BCUT2D eigenvalue weighted by molar-refractivity contribution is 7.59. The van der Waals surface area contributed by atoms with E-state index in [0.29, 0.717) is 19.3 Å². The zero-order chi connectivity index (χ0) is 13.8. The van der Waals surface area contributed by atoms with Gasteiger partial charge in [-0.3, -0.25) is 4.57 Å². The molecule has 0 aromatic carbocycles. The molecule has 0 saturated heterocycles. The molecule has 2 atom stereocenters. The maximum absolute atomic E-state index is 12.5. The first-order valence-corrected chi connectivity index (χ1v) is 8.46. The second-order valence-electron chi connectivity index (χ2n) is 5.23. The standard InChI is InChI=1S/C12H22F3O2P/c1-2-6-11(9-12(13,14)15)18(16,17)10-7-4-3-5-8-10/h10-11H,2-9H2,1H3,(H,16,17). The summed E-state index contributed by atoms with van der Waals surface area (Å²) in [5, 5.41) is 0. The molecule has 0 spiro atoms. The van der Waals surface area contributed by atoms with Gasteiger partial charge in [0.25, 0.3) is 0 Å². The maximum atomic E-state index is 12.5. The third-order valence-corrected chi connectivity index (χ3v) is 6.76. The van der Waals surface area contributed by atoms with Crippen molar-refractivity contribution in [3.8, 4) is 0 Å². The maximum Gasteiger partial charge on any atom is 0.389 e. The fourth-order valence-corrected chi connectivity index (χ4v) is 5.57. The van der Waals surface area contributed by atoms with Crippen molar-refractivity contribution in [2.45, 2.75) is 75.8 Å². The van der Waals surface area contributed by atoms with Crippen molar-refractivity contribution < 1.29 is 22.6 Å². The Morgan fingerprint density at radius 1 is 1.28 bits per heavy atom. The van der Waals surface area contributed by atoms with E-state index in [1.54, 1.807) is 6.92 Å². The molecule has 2 unspecified atom stereocenters. The van der Waals surface area contributed by atoms with Crippen LogP contribution in [0.3, 0.4) is 0 Å². The molecule has 1 rings (SSSR count). The topological polar surface area (TPSA) is 37.3 Å². The lowest BCUT2D eigenvalue weighted by molar-refractivity contribution is -0.135. The molecule has 108 valence electrons. The SMILES string of the molecule is CCCC(CC(F)(F)F)P(=O)(O)C1CCCCC1. The largest absolute Gasteiger partial charge is 0.389 e. The van der Waals surface area contributed by atoms with Crippen LogP contribution in [0, 0.1) is 0 Å². The third kappa shape index (κ3) is 4.58. The van der Waals surface area contributed by atoms with Crippen molar-refractivity contribution in [2.24, 2.45) is 0 Å². The lowest BCUT2D eigenvalue weighted by atomic mass is 10.0. The van der Waals surface area contributed by atoms with Crippen molar-refractivity contribution in [1.82, 2.24) is 0 Å². The van der Waals surface area contributed by atoms with E-state index in [2.05, 4.69) is 0 Å². The smallest absolute Gasteiger partial charge is 0.344 e. The van der Waals surface area contributed by atoms with Crippen molar-refractivity contribution in [2.75, 3.05) is 0 Å². The Labute approximate surface area is 106 Å². The number of rotatable bonds is 5. The summed E-state index contributed by atoms with van der Waals surface area (Å²) in [6.45, 7) is 1.75. The normalized spacial score (nSPS) is 23.6. The van der Waals surface area contributed by atoms with E-state index in [-0.39, 0.29) is 6.42 Å². The lowest BCUT2D eigenvalue weighted by Gasteiger charge is -2.32. The summed E-state index contributed by atoms with van der Waals surface area (Å²) in [5.41, 5.74) is -1.52. The van der Waals surface area contributed by atoms with Crippen LogP contribution in [0.25, 0.3) is 0 Å². The monoisotopic (exact) mass is 286 g/mol. The zero-order valence-corrected chi connectivity index (χ0v) is 11.6. The molecular weight excluding hydrogens is 264 g/mol. The number of hydrogen-bond acceptors (Lipinski definition) is 1. The Hall–Kier alpha value is -0.0200. The molecular formula is C12H22F3O2P. The Balaban J connectivity index is 2.77. The molecule has 0 heterocycles. The summed E-state index contributed by atoms with van der Waals surface area (Å²) in [7, 11) is -3.71. The van der Waals surface area contributed by atoms with Gasteiger partial charge in [0, 0.05) is 11.3 Å². The van der Waals surface area contributed by atoms with Crippen LogP contribution in [0.4, 0.5) is 13.2 Å². The Morgan fingerprint density at radius 3 is 2.28 bits per heavy atom. The zero-order valence-electron chi connectivity index (χ0n) is 10.7. The van der Waals surface area contributed by atoms with Gasteiger partial charge in [-0.15, -0.1) is 0 Å². The predicted octanol–water partition coefficient (Wildman–Crippen LogP) is 4.71. The van der Waals surface area contributed by atoms with Crippen LogP contribution in [0.5, 0.6) is 0 Å². The van der Waals surface area contributed by atoms with Crippen LogP contribution < -0.4 is 0 Å². The molecule has 0 amide bonds. The van der Waals surface area contributed by atoms with E-state index < -0.39 is 31.3 Å². The van der Waals surface area contributed by atoms with Crippen LogP contribution in [0.1, 0.15) is 58.3 Å². The van der Waals surface area contributed by atoms with Gasteiger partial charge in [0.2, 0.25) is 7.37 Å². The predicted molar refractivity (Wildman–Crippen MR) is 66.1 cm³/mol. The van der Waals surface area contributed by atoms with Gasteiger partial charge >= 0.3 is 6.18 Å². The first-order valence-electron chi connectivity index (χ1n) is 6.66. The van der Waals surface area contributed by atoms with Gasteiger partial charge in [-0.2, -0.15) is 13.2 Å². The molecule has 1 fully saturated rings. The summed E-state index contributed by atoms with van der Waals surface area (Å²) < 4.78 is 49.9.